The minimum Gasteiger partial charge on any atom is -0.343 e. The Bertz CT molecular complexity index is 385. The minimum atomic E-state index is 0.264. The third kappa shape index (κ3) is 4.02. The van der Waals surface area contributed by atoms with Gasteiger partial charge in [-0.05, 0) is 25.7 Å². The summed E-state index contributed by atoms with van der Waals surface area (Å²) in [7, 11) is 0. The molecule has 1 amide bonds. The molecule has 6 fully saturated rings. The molecule has 6 heterocycles. The van der Waals surface area contributed by atoms with Crippen molar-refractivity contribution in [3.05, 3.63) is 0 Å². The van der Waals surface area contributed by atoms with E-state index < -0.39 is 0 Å². The number of rotatable bonds is 0. The molecule has 0 aromatic carbocycles. The third-order valence-corrected chi connectivity index (χ3v) is 5.01. The van der Waals surface area contributed by atoms with E-state index in [-0.39, 0.29) is 5.91 Å². The highest BCUT2D eigenvalue weighted by Gasteiger charge is 2.28. The molecule has 0 spiro atoms. The number of Topliss-reactive ketones (excluding diaryl/α,β-unsaturated/α-hetero) is 1. The molecule has 4 bridgehead atoms. The lowest BCUT2D eigenvalue weighted by Gasteiger charge is -2.34. The van der Waals surface area contributed by atoms with E-state index in [1.807, 2.05) is 0 Å². The van der Waals surface area contributed by atoms with E-state index in [4.69, 9.17) is 0 Å². The van der Waals surface area contributed by atoms with Gasteiger partial charge in [-0.3, -0.25) is 19.4 Å². The first-order chi connectivity index (χ1) is 10.2. The Morgan fingerprint density at radius 1 is 0.905 bits per heavy atom. The monoisotopic (exact) mass is 294 g/mol. The molecule has 6 heteroatoms. The summed E-state index contributed by atoms with van der Waals surface area (Å²) in [6.45, 7) is 6.43. The first-order valence-electron chi connectivity index (χ1n) is 8.18. The predicted octanol–water partition coefficient (Wildman–Crippen LogP) is -0.591. The van der Waals surface area contributed by atoms with E-state index >= 15 is 0 Å². The Morgan fingerprint density at radius 3 is 2.29 bits per heavy atom. The van der Waals surface area contributed by atoms with Gasteiger partial charge in [0, 0.05) is 38.1 Å². The molecular formula is C15H26N4O2. The average Bonchev–Trinajstić information content (AvgIpc) is 2.77. The maximum Gasteiger partial charge on any atom is 0.224 e. The van der Waals surface area contributed by atoms with Crippen molar-refractivity contribution in [1.29, 1.82) is 0 Å². The van der Waals surface area contributed by atoms with E-state index in [9.17, 15) is 9.59 Å². The predicted molar refractivity (Wildman–Crippen MR) is 79.8 cm³/mol. The molecule has 2 N–H and O–H groups in total. The van der Waals surface area contributed by atoms with Gasteiger partial charge < -0.3 is 10.6 Å². The standard InChI is InChI=1S/C8H14N2O.C7H12N2O/c11-8-5-9-7-1-3-10(6-8)4-2-7;10-7-6-1-3-9(4-2-6)5-8-7/h7,9H,1-6H2;6H,1-5H2,(H,8,10). The summed E-state index contributed by atoms with van der Waals surface area (Å²) < 4.78 is 0. The van der Waals surface area contributed by atoms with Gasteiger partial charge in [-0.25, -0.2) is 0 Å². The quantitative estimate of drug-likeness (QED) is 0.625. The Morgan fingerprint density at radius 2 is 1.57 bits per heavy atom. The normalized spacial score (nSPS) is 38.7. The van der Waals surface area contributed by atoms with Crippen molar-refractivity contribution in [2.75, 3.05) is 45.9 Å². The number of amides is 1. The molecule has 6 saturated heterocycles. The zero-order valence-corrected chi connectivity index (χ0v) is 12.6. The fraction of sp³-hybridized carbons (Fsp3) is 0.867. The molecule has 118 valence electrons. The van der Waals surface area contributed by atoms with Crippen LogP contribution in [0.3, 0.4) is 0 Å². The van der Waals surface area contributed by atoms with E-state index in [1.165, 1.54) is 12.8 Å². The number of piperidine rings is 2. The molecule has 0 aliphatic carbocycles. The lowest BCUT2D eigenvalue weighted by Crippen LogP contribution is -2.50. The first-order valence-corrected chi connectivity index (χ1v) is 8.18. The molecule has 6 nitrogen and oxygen atoms in total. The summed E-state index contributed by atoms with van der Waals surface area (Å²) in [6, 6.07) is 0.607. The SMILES string of the molecule is O=C1CNC2CCN(CC2)C1.O=C1NCN2CCC1CC2. The van der Waals surface area contributed by atoms with Crippen molar-refractivity contribution >= 4 is 11.7 Å². The van der Waals surface area contributed by atoms with Gasteiger partial charge >= 0.3 is 0 Å². The number of hydrogen-bond acceptors (Lipinski definition) is 5. The van der Waals surface area contributed by atoms with Crippen LogP contribution in [0.15, 0.2) is 0 Å². The average molecular weight is 294 g/mol. The summed E-state index contributed by atoms with van der Waals surface area (Å²) in [5.41, 5.74) is 0. The highest BCUT2D eigenvalue weighted by Crippen LogP contribution is 2.19. The van der Waals surface area contributed by atoms with Gasteiger partial charge in [-0.1, -0.05) is 0 Å². The van der Waals surface area contributed by atoms with Crippen LogP contribution in [0.4, 0.5) is 0 Å². The number of nitrogens with zero attached hydrogens (tertiary/aromatic N) is 2. The second-order valence-corrected chi connectivity index (χ2v) is 6.56. The van der Waals surface area contributed by atoms with Crippen molar-refractivity contribution in [3.63, 3.8) is 0 Å². The van der Waals surface area contributed by atoms with Crippen LogP contribution in [-0.4, -0.2) is 73.5 Å². The van der Waals surface area contributed by atoms with Gasteiger partial charge in [0.15, 0.2) is 5.78 Å². The first kappa shape index (κ1) is 14.9. The number of carbonyl (C=O) groups is 2. The van der Waals surface area contributed by atoms with Crippen molar-refractivity contribution in [3.8, 4) is 0 Å². The van der Waals surface area contributed by atoms with E-state index in [0.717, 1.165) is 45.7 Å². The molecular weight excluding hydrogens is 268 g/mol. The maximum atomic E-state index is 11.1. The van der Waals surface area contributed by atoms with Gasteiger partial charge in [0.1, 0.15) is 0 Å². The van der Waals surface area contributed by atoms with Crippen molar-refractivity contribution in [2.45, 2.75) is 31.7 Å². The molecule has 6 aliphatic rings. The van der Waals surface area contributed by atoms with Gasteiger partial charge in [0.05, 0.1) is 19.8 Å². The van der Waals surface area contributed by atoms with Crippen molar-refractivity contribution < 1.29 is 9.59 Å². The zero-order chi connectivity index (χ0) is 14.7. The maximum absolute atomic E-state index is 11.1. The van der Waals surface area contributed by atoms with Crippen LogP contribution in [0.2, 0.25) is 0 Å². The van der Waals surface area contributed by atoms with E-state index in [1.54, 1.807) is 0 Å². The van der Waals surface area contributed by atoms with Gasteiger partial charge in [0.2, 0.25) is 5.91 Å². The summed E-state index contributed by atoms with van der Waals surface area (Å²) in [5, 5.41) is 6.18. The highest BCUT2D eigenvalue weighted by atomic mass is 16.2. The number of nitrogens with one attached hydrogen (secondary N) is 2. The van der Waals surface area contributed by atoms with Crippen molar-refractivity contribution in [2.24, 2.45) is 5.92 Å². The molecule has 6 aliphatic heterocycles. The van der Waals surface area contributed by atoms with E-state index in [0.29, 0.717) is 30.8 Å². The number of ketones is 1. The van der Waals surface area contributed by atoms with Crippen LogP contribution in [0, 0.1) is 5.92 Å². The summed E-state index contributed by atoms with van der Waals surface area (Å²) in [6.07, 6.45) is 4.55. The smallest absolute Gasteiger partial charge is 0.224 e. The molecule has 0 aromatic heterocycles. The molecule has 0 aromatic rings. The molecule has 0 unspecified atom stereocenters. The Labute approximate surface area is 126 Å². The van der Waals surface area contributed by atoms with Crippen LogP contribution in [0.1, 0.15) is 25.7 Å². The molecule has 0 atom stereocenters. The second-order valence-electron chi connectivity index (χ2n) is 6.56. The number of hydrogen-bond donors (Lipinski definition) is 2. The topological polar surface area (TPSA) is 64.7 Å². The summed E-state index contributed by atoms with van der Waals surface area (Å²) >= 11 is 0. The number of carbonyl (C=O) groups excluding carboxylic acids is 2. The van der Waals surface area contributed by atoms with Crippen molar-refractivity contribution in [1.82, 2.24) is 20.4 Å². The largest absolute Gasteiger partial charge is 0.343 e. The van der Waals surface area contributed by atoms with Gasteiger partial charge in [0.25, 0.3) is 0 Å². The highest BCUT2D eigenvalue weighted by molar-refractivity contribution is 5.82. The van der Waals surface area contributed by atoms with Crippen LogP contribution in [-0.2, 0) is 9.59 Å². The molecule has 0 saturated carbocycles. The van der Waals surface area contributed by atoms with Crippen LogP contribution in [0.5, 0.6) is 0 Å². The summed E-state index contributed by atoms with van der Waals surface area (Å²) in [4.78, 5) is 26.8. The minimum absolute atomic E-state index is 0.264. The lowest BCUT2D eigenvalue weighted by atomic mass is 9.98. The van der Waals surface area contributed by atoms with Crippen LogP contribution >= 0.6 is 0 Å². The fourth-order valence-electron chi connectivity index (χ4n) is 3.55. The van der Waals surface area contributed by atoms with Gasteiger partial charge in [-0.15, -0.1) is 0 Å². The van der Waals surface area contributed by atoms with Crippen LogP contribution in [0.25, 0.3) is 0 Å². The molecule has 0 radical (unpaired) electrons. The Balaban J connectivity index is 0.000000126. The summed E-state index contributed by atoms with van der Waals surface area (Å²) in [5.74, 6) is 0.924. The Kier molecular flexibility index (Phi) is 4.87. The van der Waals surface area contributed by atoms with Gasteiger partial charge in [-0.2, -0.15) is 0 Å². The number of fused-ring (bicyclic) bond motifs is 9. The van der Waals surface area contributed by atoms with Crippen LogP contribution < -0.4 is 10.6 Å². The second kappa shape index (κ2) is 6.85. The fourth-order valence-corrected chi connectivity index (χ4v) is 3.55. The van der Waals surface area contributed by atoms with E-state index in [2.05, 4.69) is 20.4 Å². The zero-order valence-electron chi connectivity index (χ0n) is 12.6. The molecule has 21 heavy (non-hydrogen) atoms. The Hall–Kier alpha value is -0.980. The third-order valence-electron chi connectivity index (χ3n) is 5.01. The molecule has 6 rings (SSSR count). The lowest BCUT2D eigenvalue weighted by molar-refractivity contribution is -0.124.